The van der Waals surface area contributed by atoms with Crippen LogP contribution in [0.15, 0.2) is 42.5 Å². The number of rotatable bonds is 3. The van der Waals surface area contributed by atoms with Crippen molar-refractivity contribution >= 4 is 17.6 Å². The van der Waals surface area contributed by atoms with Crippen molar-refractivity contribution in [3.63, 3.8) is 0 Å². The van der Waals surface area contributed by atoms with Crippen molar-refractivity contribution in [1.82, 2.24) is 14.7 Å². The first kappa shape index (κ1) is 20.2. The summed E-state index contributed by atoms with van der Waals surface area (Å²) in [7, 11) is 0. The number of aromatic nitrogens is 2. The molecule has 2 heterocycles. The maximum Gasteiger partial charge on any atom is 0.322 e. The minimum Gasteiger partial charge on any atom is -0.365 e. The largest absolute Gasteiger partial charge is 0.365 e. The summed E-state index contributed by atoms with van der Waals surface area (Å²) in [6, 6.07) is 14.4. The van der Waals surface area contributed by atoms with Crippen LogP contribution in [0.3, 0.4) is 0 Å². The number of primary amides is 1. The molecule has 0 saturated heterocycles. The Labute approximate surface area is 179 Å². The van der Waals surface area contributed by atoms with Gasteiger partial charge in [0, 0.05) is 17.8 Å². The van der Waals surface area contributed by atoms with Crippen molar-refractivity contribution in [3.05, 3.63) is 70.4 Å². The van der Waals surface area contributed by atoms with Crippen molar-refractivity contribution in [2.45, 2.75) is 26.9 Å². The Morgan fingerprint density at radius 1 is 1.10 bits per heavy atom. The Balaban J connectivity index is 1.62. The number of hydrogen-bond acceptors (Lipinski definition) is 4. The van der Waals surface area contributed by atoms with E-state index < -0.39 is 5.91 Å². The zero-order valence-corrected chi connectivity index (χ0v) is 17.3. The summed E-state index contributed by atoms with van der Waals surface area (Å²) in [6.07, 6.45) is 0. The number of amides is 3. The quantitative estimate of drug-likeness (QED) is 0.684. The average Bonchev–Trinajstić information content (AvgIpc) is 3.12. The van der Waals surface area contributed by atoms with Gasteiger partial charge in [-0.05, 0) is 50.2 Å². The lowest BCUT2D eigenvalue weighted by Gasteiger charge is -2.28. The summed E-state index contributed by atoms with van der Waals surface area (Å²) in [5, 5.41) is 16.4. The smallest absolute Gasteiger partial charge is 0.322 e. The van der Waals surface area contributed by atoms with Gasteiger partial charge < -0.3 is 16.0 Å². The van der Waals surface area contributed by atoms with Crippen LogP contribution in [0.25, 0.3) is 11.3 Å². The molecule has 31 heavy (non-hydrogen) atoms. The molecule has 0 saturated carbocycles. The molecule has 3 N–H and O–H groups in total. The number of anilines is 1. The van der Waals surface area contributed by atoms with Gasteiger partial charge in [0.05, 0.1) is 36.0 Å². The van der Waals surface area contributed by atoms with E-state index in [1.54, 1.807) is 33.8 Å². The van der Waals surface area contributed by atoms with Crippen molar-refractivity contribution < 1.29 is 9.59 Å². The van der Waals surface area contributed by atoms with E-state index >= 15 is 0 Å². The van der Waals surface area contributed by atoms with Crippen LogP contribution in [0.1, 0.15) is 32.7 Å². The van der Waals surface area contributed by atoms with E-state index in [2.05, 4.69) is 16.5 Å². The summed E-state index contributed by atoms with van der Waals surface area (Å²) in [6.45, 7) is 5.11. The number of nitrogens with one attached hydrogen (secondary N) is 1. The van der Waals surface area contributed by atoms with Gasteiger partial charge in [0.25, 0.3) is 5.91 Å². The molecule has 8 heteroatoms. The van der Waals surface area contributed by atoms with Crippen molar-refractivity contribution in [3.8, 4) is 17.3 Å². The fourth-order valence-electron chi connectivity index (χ4n) is 3.89. The number of nitrogens with zero attached hydrogens (tertiary/aromatic N) is 4. The van der Waals surface area contributed by atoms with Crippen LogP contribution in [-0.2, 0) is 13.1 Å². The van der Waals surface area contributed by atoms with E-state index in [0.717, 1.165) is 16.7 Å². The predicted octanol–water partition coefficient (Wildman–Crippen LogP) is 3.19. The van der Waals surface area contributed by atoms with Gasteiger partial charge >= 0.3 is 6.03 Å². The number of urea groups is 1. The zero-order chi connectivity index (χ0) is 22.1. The molecule has 0 radical (unpaired) electrons. The Morgan fingerprint density at radius 2 is 1.77 bits per heavy atom. The maximum atomic E-state index is 12.8. The average molecular weight is 414 g/mol. The van der Waals surface area contributed by atoms with Crippen LogP contribution >= 0.6 is 0 Å². The summed E-state index contributed by atoms with van der Waals surface area (Å²) < 4.78 is 1.76. The van der Waals surface area contributed by atoms with Crippen LogP contribution in [-0.4, -0.2) is 33.2 Å². The standard InChI is InChI=1S/C23H22N6O2/c1-14-9-15(2)11-17(10-14)21-20(22(25)30)19-13-28(7-8-29(19)27-21)23(31)26-18-5-3-16(12-24)4-6-18/h3-6,9-11H,7-8,13H2,1-2H3,(H2,25,30)(H,26,31). The molecule has 0 unspecified atom stereocenters. The highest BCUT2D eigenvalue weighted by molar-refractivity contribution is 6.00. The number of nitrogens with two attached hydrogens (primary N) is 1. The number of nitriles is 1. The molecule has 3 amide bonds. The number of carbonyl (C=O) groups excluding carboxylic acids is 2. The Hall–Kier alpha value is -4.12. The van der Waals surface area contributed by atoms with Crippen molar-refractivity contribution in [2.75, 3.05) is 11.9 Å². The lowest BCUT2D eigenvalue weighted by Crippen LogP contribution is -2.41. The second kappa shape index (κ2) is 7.95. The Bertz CT molecular complexity index is 1200. The molecule has 8 nitrogen and oxygen atoms in total. The zero-order valence-electron chi connectivity index (χ0n) is 17.3. The second-order valence-corrected chi connectivity index (χ2v) is 7.67. The fourth-order valence-corrected chi connectivity index (χ4v) is 3.89. The second-order valence-electron chi connectivity index (χ2n) is 7.67. The number of carbonyl (C=O) groups is 2. The number of hydrogen-bond donors (Lipinski definition) is 2. The highest BCUT2D eigenvalue weighted by Crippen LogP contribution is 2.29. The summed E-state index contributed by atoms with van der Waals surface area (Å²) >= 11 is 0. The van der Waals surface area contributed by atoms with Crippen LogP contribution in [0.5, 0.6) is 0 Å². The molecule has 1 aromatic heterocycles. The van der Waals surface area contributed by atoms with Crippen LogP contribution < -0.4 is 11.1 Å². The van der Waals surface area contributed by atoms with E-state index in [0.29, 0.717) is 41.3 Å². The summed E-state index contributed by atoms with van der Waals surface area (Å²) in [5.41, 5.74) is 11.3. The molecule has 0 spiro atoms. The van der Waals surface area contributed by atoms with E-state index in [1.165, 1.54) is 0 Å². The molecular weight excluding hydrogens is 392 g/mol. The molecule has 0 bridgehead atoms. The third-order valence-electron chi connectivity index (χ3n) is 5.27. The summed E-state index contributed by atoms with van der Waals surface area (Å²) in [4.78, 5) is 26.8. The van der Waals surface area contributed by atoms with Crippen LogP contribution in [0, 0.1) is 25.2 Å². The SMILES string of the molecule is Cc1cc(C)cc(-c2nn3c(c2C(N)=O)CN(C(=O)Nc2ccc(C#N)cc2)CC3)c1. The highest BCUT2D eigenvalue weighted by Gasteiger charge is 2.29. The molecule has 3 aromatic rings. The molecular formula is C23H22N6O2. The number of fused-ring (bicyclic) bond motifs is 1. The first-order valence-corrected chi connectivity index (χ1v) is 9.90. The van der Waals surface area contributed by atoms with Crippen LogP contribution in [0.4, 0.5) is 10.5 Å². The van der Waals surface area contributed by atoms with Crippen molar-refractivity contribution in [1.29, 1.82) is 5.26 Å². The molecule has 0 atom stereocenters. The van der Waals surface area contributed by atoms with E-state index in [9.17, 15) is 9.59 Å². The maximum absolute atomic E-state index is 12.8. The molecule has 0 fully saturated rings. The summed E-state index contributed by atoms with van der Waals surface area (Å²) in [5.74, 6) is -0.565. The third kappa shape index (κ3) is 3.98. The normalized spacial score (nSPS) is 12.7. The molecule has 2 aromatic carbocycles. The van der Waals surface area contributed by atoms with Gasteiger partial charge in [-0.2, -0.15) is 10.4 Å². The van der Waals surface area contributed by atoms with E-state index in [-0.39, 0.29) is 12.6 Å². The first-order chi connectivity index (χ1) is 14.9. The van der Waals surface area contributed by atoms with E-state index in [4.69, 9.17) is 11.0 Å². The monoisotopic (exact) mass is 414 g/mol. The Kier molecular flexibility index (Phi) is 5.17. The van der Waals surface area contributed by atoms with Gasteiger partial charge in [0.2, 0.25) is 0 Å². The van der Waals surface area contributed by atoms with Gasteiger partial charge in [-0.15, -0.1) is 0 Å². The van der Waals surface area contributed by atoms with E-state index in [1.807, 2.05) is 32.0 Å². The minimum atomic E-state index is -0.565. The first-order valence-electron chi connectivity index (χ1n) is 9.90. The minimum absolute atomic E-state index is 0.220. The van der Waals surface area contributed by atoms with Gasteiger partial charge in [0.1, 0.15) is 5.69 Å². The van der Waals surface area contributed by atoms with Gasteiger partial charge in [0.15, 0.2) is 0 Å². The third-order valence-corrected chi connectivity index (χ3v) is 5.27. The van der Waals surface area contributed by atoms with Gasteiger partial charge in [-0.25, -0.2) is 4.79 Å². The number of aryl methyl sites for hydroxylation is 2. The van der Waals surface area contributed by atoms with Gasteiger partial charge in [-0.3, -0.25) is 9.48 Å². The van der Waals surface area contributed by atoms with Crippen molar-refractivity contribution in [2.24, 2.45) is 5.73 Å². The fraction of sp³-hybridized carbons (Fsp3) is 0.217. The lowest BCUT2D eigenvalue weighted by molar-refractivity contribution is 0.0997. The molecule has 1 aliphatic rings. The molecule has 0 aliphatic carbocycles. The topological polar surface area (TPSA) is 117 Å². The molecule has 4 rings (SSSR count). The highest BCUT2D eigenvalue weighted by atomic mass is 16.2. The van der Waals surface area contributed by atoms with Crippen LogP contribution in [0.2, 0.25) is 0 Å². The predicted molar refractivity (Wildman–Crippen MR) is 116 cm³/mol. The Morgan fingerprint density at radius 3 is 2.39 bits per heavy atom. The molecule has 156 valence electrons. The lowest BCUT2D eigenvalue weighted by atomic mass is 10.0. The number of benzene rings is 2. The molecule has 1 aliphatic heterocycles. The van der Waals surface area contributed by atoms with Gasteiger partial charge in [-0.1, -0.05) is 17.2 Å².